The Morgan fingerprint density at radius 3 is 2.17 bits per heavy atom. The highest BCUT2D eigenvalue weighted by Crippen LogP contribution is 2.28. The molecule has 1 fully saturated rings. The lowest BCUT2D eigenvalue weighted by Gasteiger charge is -2.33. The highest BCUT2D eigenvalue weighted by Gasteiger charge is 2.29. The van der Waals surface area contributed by atoms with Crippen molar-refractivity contribution in [2.45, 2.75) is 11.8 Å². The Morgan fingerprint density at radius 2 is 1.57 bits per heavy atom. The summed E-state index contributed by atoms with van der Waals surface area (Å²) in [6.45, 7) is 3.15. The average molecular weight is 431 g/mol. The van der Waals surface area contributed by atoms with E-state index < -0.39 is 10.0 Å². The van der Waals surface area contributed by atoms with Gasteiger partial charge in [-0.2, -0.15) is 4.31 Å². The third-order valence-corrected chi connectivity index (χ3v) is 6.95. The first-order valence-electron chi connectivity index (χ1n) is 9.61. The molecular weight excluding hydrogens is 404 g/mol. The van der Waals surface area contributed by atoms with Crippen LogP contribution in [0.15, 0.2) is 53.4 Å². The molecule has 1 aliphatic heterocycles. The van der Waals surface area contributed by atoms with Gasteiger partial charge in [0.05, 0.1) is 19.1 Å². The molecule has 0 aromatic heterocycles. The fraction of sp³-hybridized carbons (Fsp3) is 0.318. The number of piperazine rings is 1. The Morgan fingerprint density at radius 1 is 0.933 bits per heavy atom. The summed E-state index contributed by atoms with van der Waals surface area (Å²) in [5, 5.41) is 0. The summed E-state index contributed by atoms with van der Waals surface area (Å²) >= 11 is 0. The molecule has 0 bridgehead atoms. The zero-order valence-electron chi connectivity index (χ0n) is 17.4. The molecule has 2 aromatic rings. The maximum Gasteiger partial charge on any atom is 0.246 e. The number of carbonyl (C=O) groups is 1. The molecule has 0 radical (unpaired) electrons. The van der Waals surface area contributed by atoms with E-state index in [1.165, 1.54) is 10.4 Å². The Kier molecular flexibility index (Phi) is 6.79. The molecule has 30 heavy (non-hydrogen) atoms. The molecule has 8 heteroatoms. The van der Waals surface area contributed by atoms with Crippen molar-refractivity contribution in [1.29, 1.82) is 0 Å². The van der Waals surface area contributed by atoms with Crippen LogP contribution in [0.2, 0.25) is 0 Å². The molecule has 7 nitrogen and oxygen atoms in total. The minimum atomic E-state index is -3.55. The number of nitrogens with zero attached hydrogens (tertiary/aromatic N) is 2. The summed E-state index contributed by atoms with van der Waals surface area (Å²) in [6.07, 6.45) is 3.20. The van der Waals surface area contributed by atoms with Crippen LogP contribution in [0.5, 0.6) is 11.5 Å². The van der Waals surface area contributed by atoms with Gasteiger partial charge in [-0.25, -0.2) is 8.42 Å². The lowest BCUT2D eigenvalue weighted by atomic mass is 10.2. The second-order valence-corrected chi connectivity index (χ2v) is 8.93. The van der Waals surface area contributed by atoms with Gasteiger partial charge in [0.15, 0.2) is 11.5 Å². The van der Waals surface area contributed by atoms with Crippen molar-refractivity contribution in [2.75, 3.05) is 40.4 Å². The van der Waals surface area contributed by atoms with Crippen LogP contribution in [-0.4, -0.2) is 63.9 Å². The van der Waals surface area contributed by atoms with Gasteiger partial charge in [-0.15, -0.1) is 0 Å². The van der Waals surface area contributed by atoms with Crippen LogP contribution in [0.25, 0.3) is 6.08 Å². The van der Waals surface area contributed by atoms with Crippen molar-refractivity contribution in [3.63, 3.8) is 0 Å². The van der Waals surface area contributed by atoms with E-state index in [4.69, 9.17) is 9.47 Å². The predicted molar refractivity (Wildman–Crippen MR) is 115 cm³/mol. The van der Waals surface area contributed by atoms with Gasteiger partial charge < -0.3 is 14.4 Å². The molecule has 0 unspecified atom stereocenters. The Balaban J connectivity index is 1.61. The first-order valence-corrected chi connectivity index (χ1v) is 11.0. The van der Waals surface area contributed by atoms with E-state index in [0.29, 0.717) is 24.6 Å². The summed E-state index contributed by atoms with van der Waals surface area (Å²) in [5.74, 6) is 1.05. The number of ether oxygens (including phenoxy) is 2. The van der Waals surface area contributed by atoms with Gasteiger partial charge >= 0.3 is 0 Å². The van der Waals surface area contributed by atoms with Gasteiger partial charge in [0.2, 0.25) is 15.9 Å². The highest BCUT2D eigenvalue weighted by molar-refractivity contribution is 7.89. The van der Waals surface area contributed by atoms with Gasteiger partial charge in [-0.05, 0) is 42.8 Å². The molecule has 0 N–H and O–H groups in total. The summed E-state index contributed by atoms with van der Waals surface area (Å²) in [5.41, 5.74) is 1.81. The van der Waals surface area contributed by atoms with Crippen molar-refractivity contribution in [3.8, 4) is 11.5 Å². The SMILES string of the molecule is COc1ccc(/C=C/C(=O)N2CCN(S(=O)(=O)c3ccc(C)cc3)CC2)cc1OC. The standard InChI is InChI=1S/C22H26N2O5S/c1-17-4-8-19(9-5-17)30(26,27)24-14-12-23(13-15-24)22(25)11-7-18-6-10-20(28-2)21(16-18)29-3/h4-11,16H,12-15H2,1-3H3/b11-7+. The van der Waals surface area contributed by atoms with Gasteiger partial charge in [0, 0.05) is 32.3 Å². The molecule has 3 rings (SSSR count). The average Bonchev–Trinajstić information content (AvgIpc) is 2.77. The fourth-order valence-electron chi connectivity index (χ4n) is 3.24. The van der Waals surface area contributed by atoms with Crippen LogP contribution in [-0.2, 0) is 14.8 Å². The third-order valence-electron chi connectivity index (χ3n) is 5.04. The molecule has 160 valence electrons. The molecule has 0 atom stereocenters. The van der Waals surface area contributed by atoms with Crippen LogP contribution in [0.4, 0.5) is 0 Å². The van der Waals surface area contributed by atoms with Crippen molar-refractivity contribution < 1.29 is 22.7 Å². The number of benzene rings is 2. The molecule has 1 amide bonds. The largest absolute Gasteiger partial charge is 0.493 e. The summed E-state index contributed by atoms with van der Waals surface area (Å²) < 4.78 is 37.5. The minimum absolute atomic E-state index is 0.155. The molecule has 1 aliphatic rings. The molecule has 1 saturated heterocycles. The monoisotopic (exact) mass is 430 g/mol. The van der Waals surface area contributed by atoms with Gasteiger partial charge in [0.1, 0.15) is 0 Å². The van der Waals surface area contributed by atoms with Gasteiger partial charge in [0.25, 0.3) is 0 Å². The molecule has 0 aliphatic carbocycles. The summed E-state index contributed by atoms with van der Waals surface area (Å²) in [4.78, 5) is 14.5. The Bertz CT molecular complexity index is 1020. The van der Waals surface area contributed by atoms with Crippen LogP contribution in [0, 0.1) is 6.92 Å². The second kappa shape index (κ2) is 9.32. The van der Waals surface area contributed by atoms with Crippen molar-refractivity contribution in [2.24, 2.45) is 0 Å². The predicted octanol–water partition coefficient (Wildman–Crippen LogP) is 2.56. The van der Waals surface area contributed by atoms with E-state index in [9.17, 15) is 13.2 Å². The fourth-order valence-corrected chi connectivity index (χ4v) is 4.66. The number of methoxy groups -OCH3 is 2. The lowest BCUT2D eigenvalue weighted by molar-refractivity contribution is -0.127. The van der Waals surface area contributed by atoms with Crippen molar-refractivity contribution in [1.82, 2.24) is 9.21 Å². The number of rotatable bonds is 6. The van der Waals surface area contributed by atoms with E-state index in [-0.39, 0.29) is 23.9 Å². The van der Waals surface area contributed by atoms with Crippen molar-refractivity contribution >= 4 is 22.0 Å². The number of carbonyl (C=O) groups excluding carboxylic acids is 1. The van der Waals surface area contributed by atoms with Crippen LogP contribution >= 0.6 is 0 Å². The van der Waals surface area contributed by atoms with E-state index in [1.807, 2.05) is 13.0 Å². The number of hydrogen-bond donors (Lipinski definition) is 0. The van der Waals surface area contributed by atoms with Gasteiger partial charge in [-0.3, -0.25) is 4.79 Å². The number of amides is 1. The highest BCUT2D eigenvalue weighted by atomic mass is 32.2. The smallest absolute Gasteiger partial charge is 0.246 e. The van der Waals surface area contributed by atoms with E-state index >= 15 is 0 Å². The summed E-state index contributed by atoms with van der Waals surface area (Å²) in [6, 6.07) is 12.2. The van der Waals surface area contributed by atoms with E-state index in [1.54, 1.807) is 61.6 Å². The first kappa shape index (κ1) is 21.9. The zero-order chi connectivity index (χ0) is 21.7. The quantitative estimate of drug-likeness (QED) is 0.659. The van der Waals surface area contributed by atoms with Gasteiger partial charge in [-0.1, -0.05) is 23.8 Å². The Hall–Kier alpha value is -2.84. The molecule has 2 aromatic carbocycles. The zero-order valence-corrected chi connectivity index (χ0v) is 18.2. The summed E-state index contributed by atoms with van der Waals surface area (Å²) in [7, 11) is -0.425. The Labute approximate surface area is 177 Å². The molecular formula is C22H26N2O5S. The maximum atomic E-state index is 12.8. The maximum absolute atomic E-state index is 12.8. The lowest BCUT2D eigenvalue weighted by Crippen LogP contribution is -2.50. The topological polar surface area (TPSA) is 76.2 Å². The normalized spacial score (nSPS) is 15.4. The second-order valence-electron chi connectivity index (χ2n) is 6.99. The molecule has 1 heterocycles. The number of sulfonamides is 1. The minimum Gasteiger partial charge on any atom is -0.493 e. The first-order chi connectivity index (χ1) is 14.3. The number of hydrogen-bond acceptors (Lipinski definition) is 5. The van der Waals surface area contributed by atoms with E-state index in [2.05, 4.69) is 0 Å². The number of aryl methyl sites for hydroxylation is 1. The van der Waals surface area contributed by atoms with E-state index in [0.717, 1.165) is 11.1 Å². The van der Waals surface area contributed by atoms with Crippen LogP contribution in [0.1, 0.15) is 11.1 Å². The van der Waals surface area contributed by atoms with Crippen molar-refractivity contribution in [3.05, 3.63) is 59.7 Å². The van der Waals surface area contributed by atoms with Crippen LogP contribution in [0.3, 0.4) is 0 Å². The molecule has 0 spiro atoms. The van der Waals surface area contributed by atoms with Crippen LogP contribution < -0.4 is 9.47 Å². The molecule has 0 saturated carbocycles. The third kappa shape index (κ3) is 4.83.